The Morgan fingerprint density at radius 1 is 1.08 bits per heavy atom. The van der Waals surface area contributed by atoms with Gasteiger partial charge in [-0.25, -0.2) is 0 Å². The minimum atomic E-state index is -0.347. The Morgan fingerprint density at radius 3 is 2.38 bits per heavy atom. The lowest BCUT2D eigenvalue weighted by atomic mass is 10.0. The fraction of sp³-hybridized carbons (Fsp3) is 0.300. The Bertz CT molecular complexity index is 773. The Hall–Kier alpha value is -2.34. The molecule has 0 aliphatic carbocycles. The van der Waals surface area contributed by atoms with Crippen molar-refractivity contribution in [3.8, 4) is 5.75 Å². The molecule has 0 unspecified atom stereocenters. The summed E-state index contributed by atoms with van der Waals surface area (Å²) in [4.78, 5) is 23.8. The molecule has 26 heavy (non-hydrogen) atoms. The third kappa shape index (κ3) is 6.19. The molecule has 5 nitrogen and oxygen atoms in total. The number of anilines is 1. The zero-order valence-corrected chi connectivity index (χ0v) is 16.7. The van der Waals surface area contributed by atoms with Gasteiger partial charge in [0.25, 0.3) is 5.91 Å². The first-order chi connectivity index (χ1) is 12.3. The van der Waals surface area contributed by atoms with Crippen molar-refractivity contribution in [2.45, 2.75) is 26.7 Å². The molecule has 0 aliphatic rings. The first-order valence-electron chi connectivity index (χ1n) is 8.40. The van der Waals surface area contributed by atoms with Gasteiger partial charge in [-0.1, -0.05) is 41.9 Å². The van der Waals surface area contributed by atoms with Gasteiger partial charge in [0.2, 0.25) is 5.91 Å². The van der Waals surface area contributed by atoms with Crippen LogP contribution in [0.3, 0.4) is 0 Å². The second kappa shape index (κ2) is 9.38. The lowest BCUT2D eigenvalue weighted by Crippen LogP contribution is -2.35. The summed E-state index contributed by atoms with van der Waals surface area (Å²) in [6, 6.07) is 13.2. The van der Waals surface area contributed by atoms with Crippen LogP contribution in [0.1, 0.15) is 30.9 Å². The molecule has 0 radical (unpaired) electrons. The second-order valence-electron chi connectivity index (χ2n) is 6.30. The smallest absolute Gasteiger partial charge is 0.258 e. The van der Waals surface area contributed by atoms with Crippen molar-refractivity contribution in [2.24, 2.45) is 0 Å². The van der Waals surface area contributed by atoms with Crippen LogP contribution in [0.2, 0.25) is 0 Å². The van der Waals surface area contributed by atoms with Crippen LogP contribution in [0.15, 0.2) is 46.9 Å². The highest BCUT2D eigenvalue weighted by molar-refractivity contribution is 9.10. The Morgan fingerprint density at radius 2 is 1.77 bits per heavy atom. The van der Waals surface area contributed by atoms with Gasteiger partial charge in [0.15, 0.2) is 6.61 Å². The summed E-state index contributed by atoms with van der Waals surface area (Å²) >= 11 is 3.38. The van der Waals surface area contributed by atoms with Gasteiger partial charge >= 0.3 is 0 Å². The number of hydrogen-bond donors (Lipinski definition) is 2. The maximum Gasteiger partial charge on any atom is 0.258 e. The van der Waals surface area contributed by atoms with E-state index in [1.54, 1.807) is 0 Å². The Labute approximate surface area is 162 Å². The number of carbonyl (C=O) groups is 2. The van der Waals surface area contributed by atoms with Crippen molar-refractivity contribution in [3.63, 3.8) is 0 Å². The maximum atomic E-state index is 12.0. The highest BCUT2D eigenvalue weighted by Gasteiger charge is 2.08. The molecule has 138 valence electrons. The third-order valence-corrected chi connectivity index (χ3v) is 4.32. The van der Waals surface area contributed by atoms with Crippen molar-refractivity contribution in [2.75, 3.05) is 18.5 Å². The quantitative estimate of drug-likeness (QED) is 0.713. The van der Waals surface area contributed by atoms with E-state index in [9.17, 15) is 9.59 Å². The molecule has 2 aromatic carbocycles. The molecule has 0 aromatic heterocycles. The van der Waals surface area contributed by atoms with Gasteiger partial charge in [-0.15, -0.1) is 0 Å². The molecule has 2 N–H and O–H groups in total. The van der Waals surface area contributed by atoms with Crippen LogP contribution in [0.25, 0.3) is 0 Å². The molecule has 0 saturated heterocycles. The normalized spacial score (nSPS) is 10.5. The Kier molecular flexibility index (Phi) is 7.21. The molecule has 0 atom stereocenters. The largest absolute Gasteiger partial charge is 0.484 e. The fourth-order valence-corrected chi connectivity index (χ4v) is 2.77. The topological polar surface area (TPSA) is 67.4 Å². The van der Waals surface area contributed by atoms with E-state index in [-0.39, 0.29) is 25.0 Å². The number of halogens is 1. The van der Waals surface area contributed by atoms with Crippen LogP contribution in [0, 0.1) is 6.92 Å². The van der Waals surface area contributed by atoms with E-state index in [1.807, 2.05) is 49.4 Å². The van der Waals surface area contributed by atoms with Crippen molar-refractivity contribution in [3.05, 3.63) is 58.1 Å². The second-order valence-corrected chi connectivity index (χ2v) is 7.21. The maximum absolute atomic E-state index is 12.0. The standard InChI is InChI=1S/C20H23BrN2O3/c1-13(2)15-4-7-17(8-5-15)26-12-20(25)22-11-19(24)23-18-9-6-16(21)10-14(18)3/h4-10,13H,11-12H2,1-3H3,(H,22,25)(H,23,24). The summed E-state index contributed by atoms with van der Waals surface area (Å²) in [5.74, 6) is 0.436. The van der Waals surface area contributed by atoms with Crippen LogP contribution >= 0.6 is 15.9 Å². The molecular formula is C20H23BrN2O3. The monoisotopic (exact) mass is 418 g/mol. The molecule has 0 saturated carbocycles. The average molecular weight is 419 g/mol. The van der Waals surface area contributed by atoms with Gasteiger partial charge in [0, 0.05) is 10.2 Å². The highest BCUT2D eigenvalue weighted by Crippen LogP contribution is 2.20. The minimum absolute atomic E-state index is 0.107. The SMILES string of the molecule is Cc1cc(Br)ccc1NC(=O)CNC(=O)COc1ccc(C(C)C)cc1. The predicted octanol–water partition coefficient (Wildman–Crippen LogP) is 4.01. The van der Waals surface area contributed by atoms with E-state index in [4.69, 9.17) is 4.74 Å². The molecule has 0 heterocycles. The van der Waals surface area contributed by atoms with E-state index < -0.39 is 0 Å². The van der Waals surface area contributed by atoms with Gasteiger partial charge in [-0.3, -0.25) is 9.59 Å². The van der Waals surface area contributed by atoms with Crippen molar-refractivity contribution < 1.29 is 14.3 Å². The molecule has 2 amide bonds. The summed E-state index contributed by atoms with van der Waals surface area (Å²) in [6.45, 7) is 5.89. The number of carbonyl (C=O) groups excluding carboxylic acids is 2. The van der Waals surface area contributed by atoms with E-state index in [2.05, 4.69) is 40.4 Å². The zero-order valence-electron chi connectivity index (χ0n) is 15.1. The van der Waals surface area contributed by atoms with E-state index in [1.165, 1.54) is 5.56 Å². The van der Waals surface area contributed by atoms with Gasteiger partial charge in [-0.05, 0) is 54.3 Å². The number of nitrogens with one attached hydrogen (secondary N) is 2. The fourth-order valence-electron chi connectivity index (χ4n) is 2.29. The number of aryl methyl sites for hydroxylation is 1. The minimum Gasteiger partial charge on any atom is -0.484 e. The van der Waals surface area contributed by atoms with E-state index in [0.29, 0.717) is 17.4 Å². The lowest BCUT2D eigenvalue weighted by Gasteiger charge is -2.11. The van der Waals surface area contributed by atoms with Crippen LogP contribution < -0.4 is 15.4 Å². The molecular weight excluding hydrogens is 396 g/mol. The number of rotatable bonds is 7. The summed E-state index contributed by atoms with van der Waals surface area (Å²) in [6.07, 6.45) is 0. The Balaban J connectivity index is 1.74. The first kappa shape index (κ1) is 20.0. The van der Waals surface area contributed by atoms with Gasteiger partial charge in [0.05, 0.1) is 6.54 Å². The third-order valence-electron chi connectivity index (χ3n) is 3.83. The van der Waals surface area contributed by atoms with Crippen molar-refractivity contribution >= 4 is 33.4 Å². The summed E-state index contributed by atoms with van der Waals surface area (Å²) in [7, 11) is 0. The molecule has 0 spiro atoms. The van der Waals surface area contributed by atoms with Crippen LogP contribution in [-0.2, 0) is 9.59 Å². The number of benzene rings is 2. The van der Waals surface area contributed by atoms with E-state index in [0.717, 1.165) is 10.0 Å². The molecule has 2 aromatic rings. The van der Waals surface area contributed by atoms with Crippen molar-refractivity contribution in [1.82, 2.24) is 5.32 Å². The summed E-state index contributed by atoms with van der Waals surface area (Å²) in [5, 5.41) is 5.32. The molecule has 0 fully saturated rings. The molecule has 0 bridgehead atoms. The zero-order chi connectivity index (χ0) is 19.1. The summed E-state index contributed by atoms with van der Waals surface area (Å²) in [5.41, 5.74) is 2.86. The molecule has 2 rings (SSSR count). The van der Waals surface area contributed by atoms with Gasteiger partial charge in [0.1, 0.15) is 5.75 Å². The highest BCUT2D eigenvalue weighted by atomic mass is 79.9. The molecule has 6 heteroatoms. The first-order valence-corrected chi connectivity index (χ1v) is 9.20. The van der Waals surface area contributed by atoms with Gasteiger partial charge < -0.3 is 15.4 Å². The van der Waals surface area contributed by atoms with Crippen LogP contribution in [0.4, 0.5) is 5.69 Å². The predicted molar refractivity (Wildman–Crippen MR) is 107 cm³/mol. The van der Waals surface area contributed by atoms with E-state index >= 15 is 0 Å². The number of amides is 2. The van der Waals surface area contributed by atoms with Gasteiger partial charge in [-0.2, -0.15) is 0 Å². The van der Waals surface area contributed by atoms with Crippen LogP contribution in [-0.4, -0.2) is 25.0 Å². The lowest BCUT2D eigenvalue weighted by molar-refractivity contribution is -0.125. The van der Waals surface area contributed by atoms with Crippen LogP contribution in [0.5, 0.6) is 5.75 Å². The van der Waals surface area contributed by atoms with Crippen molar-refractivity contribution in [1.29, 1.82) is 0 Å². The summed E-state index contributed by atoms with van der Waals surface area (Å²) < 4.78 is 6.38. The number of hydrogen-bond acceptors (Lipinski definition) is 3. The average Bonchev–Trinajstić information content (AvgIpc) is 2.61. The number of ether oxygens (including phenoxy) is 1. The molecule has 0 aliphatic heterocycles.